The zero-order valence-electron chi connectivity index (χ0n) is 18.1. The molecule has 1 amide bonds. The molecule has 4 rings (SSSR count). The first kappa shape index (κ1) is 20.6. The number of fused-ring (bicyclic) bond motifs is 3. The van der Waals surface area contributed by atoms with Gasteiger partial charge in [0.1, 0.15) is 23.1 Å². The number of rotatable bonds is 4. The number of aromatic nitrogens is 1. The third-order valence-corrected chi connectivity index (χ3v) is 5.68. The number of hydrogen-bond acceptors (Lipinski definition) is 5. The molecule has 0 spiro atoms. The van der Waals surface area contributed by atoms with Crippen LogP contribution in [-0.2, 0) is 9.47 Å². The third-order valence-electron chi connectivity index (χ3n) is 5.68. The van der Waals surface area contributed by atoms with Crippen molar-refractivity contribution in [1.82, 2.24) is 9.88 Å². The van der Waals surface area contributed by atoms with Gasteiger partial charge in [-0.2, -0.15) is 0 Å². The molecule has 2 aliphatic heterocycles. The Morgan fingerprint density at radius 1 is 1.13 bits per heavy atom. The van der Waals surface area contributed by atoms with E-state index in [1.807, 2.05) is 43.9 Å². The molecule has 0 saturated carbocycles. The normalized spacial score (nSPS) is 23.5. The lowest BCUT2D eigenvalue weighted by Gasteiger charge is -2.39. The number of nitrogens with zero attached hydrogens (tertiary/aromatic N) is 1. The minimum absolute atomic E-state index is 0.0575. The topological polar surface area (TPSA) is 80.9 Å². The van der Waals surface area contributed by atoms with Crippen LogP contribution in [0, 0.1) is 0 Å². The number of carbonyl (C=O) groups is 2. The molecule has 30 heavy (non-hydrogen) atoms. The first-order chi connectivity index (χ1) is 14.2. The van der Waals surface area contributed by atoms with Crippen molar-refractivity contribution in [3.63, 3.8) is 0 Å². The third kappa shape index (κ3) is 4.25. The van der Waals surface area contributed by atoms with Gasteiger partial charge < -0.3 is 24.1 Å². The second kappa shape index (κ2) is 7.85. The molecular weight excluding hydrogens is 384 g/mol. The van der Waals surface area contributed by atoms with Crippen molar-refractivity contribution in [2.24, 2.45) is 0 Å². The Bertz CT molecular complexity index is 931. The molecule has 2 fully saturated rings. The van der Waals surface area contributed by atoms with E-state index < -0.39 is 5.60 Å². The van der Waals surface area contributed by atoms with Crippen LogP contribution in [0.15, 0.2) is 24.3 Å². The van der Waals surface area contributed by atoms with Crippen LogP contribution in [0.5, 0.6) is 5.75 Å². The van der Waals surface area contributed by atoms with E-state index in [9.17, 15) is 9.59 Å². The SMILES string of the molecule is CCOC(=O)c1cc2cc(O[C@H]3C[C@H]4CC[C@@H](C3)N4C(=O)OC(C)(C)C)ccc2[nH]1. The van der Waals surface area contributed by atoms with E-state index in [1.165, 1.54) is 0 Å². The summed E-state index contributed by atoms with van der Waals surface area (Å²) < 4.78 is 16.9. The van der Waals surface area contributed by atoms with Gasteiger partial charge in [-0.25, -0.2) is 9.59 Å². The van der Waals surface area contributed by atoms with E-state index in [-0.39, 0.29) is 30.3 Å². The summed E-state index contributed by atoms with van der Waals surface area (Å²) in [5, 5.41) is 0.907. The van der Waals surface area contributed by atoms with Crippen LogP contribution in [0.25, 0.3) is 10.9 Å². The van der Waals surface area contributed by atoms with Crippen molar-refractivity contribution >= 4 is 23.0 Å². The minimum Gasteiger partial charge on any atom is -0.490 e. The van der Waals surface area contributed by atoms with E-state index in [0.717, 1.165) is 42.3 Å². The summed E-state index contributed by atoms with van der Waals surface area (Å²) >= 11 is 0. The maximum absolute atomic E-state index is 12.6. The second-order valence-corrected chi connectivity index (χ2v) is 9.14. The van der Waals surface area contributed by atoms with Crippen molar-refractivity contribution in [3.05, 3.63) is 30.0 Å². The highest BCUT2D eigenvalue weighted by atomic mass is 16.6. The largest absolute Gasteiger partial charge is 0.490 e. The predicted octanol–water partition coefficient (Wildman–Crippen LogP) is 4.65. The second-order valence-electron chi connectivity index (χ2n) is 9.14. The first-order valence-electron chi connectivity index (χ1n) is 10.7. The zero-order valence-corrected chi connectivity index (χ0v) is 18.1. The molecule has 162 valence electrons. The van der Waals surface area contributed by atoms with Gasteiger partial charge in [0.15, 0.2) is 0 Å². The Morgan fingerprint density at radius 2 is 1.83 bits per heavy atom. The molecule has 2 bridgehead atoms. The predicted molar refractivity (Wildman–Crippen MR) is 113 cm³/mol. The molecule has 2 aliphatic rings. The average Bonchev–Trinajstić information content (AvgIpc) is 3.19. The first-order valence-corrected chi connectivity index (χ1v) is 10.7. The molecular formula is C23H30N2O5. The quantitative estimate of drug-likeness (QED) is 0.737. The molecule has 1 aromatic heterocycles. The molecule has 3 heterocycles. The molecule has 1 N–H and O–H groups in total. The average molecular weight is 415 g/mol. The van der Waals surface area contributed by atoms with Gasteiger partial charge in [0.05, 0.1) is 6.61 Å². The maximum Gasteiger partial charge on any atom is 0.410 e. The van der Waals surface area contributed by atoms with Gasteiger partial charge in [0, 0.05) is 35.8 Å². The van der Waals surface area contributed by atoms with Gasteiger partial charge >= 0.3 is 12.1 Å². The summed E-state index contributed by atoms with van der Waals surface area (Å²) in [6, 6.07) is 7.88. The fourth-order valence-electron chi connectivity index (χ4n) is 4.53. The van der Waals surface area contributed by atoms with Crippen LogP contribution in [-0.4, -0.2) is 52.3 Å². The number of amides is 1. The maximum atomic E-state index is 12.6. The molecule has 2 aromatic rings. The lowest BCUT2D eigenvalue weighted by atomic mass is 10.00. The number of hydrogen-bond donors (Lipinski definition) is 1. The summed E-state index contributed by atoms with van der Waals surface area (Å²) in [7, 11) is 0. The van der Waals surface area contributed by atoms with Crippen molar-refractivity contribution in [2.45, 2.75) is 77.2 Å². The van der Waals surface area contributed by atoms with Crippen molar-refractivity contribution in [1.29, 1.82) is 0 Å². The fraction of sp³-hybridized carbons (Fsp3) is 0.565. The standard InChI is InChI=1S/C23H30N2O5/c1-5-28-21(26)20-11-14-10-17(8-9-19(14)24-20)29-18-12-15-6-7-16(13-18)25(15)22(27)30-23(2,3)4/h8-11,15-16,18,24H,5-7,12-13H2,1-4H3/t15-,16+,18+. The lowest BCUT2D eigenvalue weighted by molar-refractivity contribution is -0.00707. The summed E-state index contributed by atoms with van der Waals surface area (Å²) in [4.78, 5) is 29.6. The van der Waals surface area contributed by atoms with Crippen LogP contribution < -0.4 is 4.74 Å². The van der Waals surface area contributed by atoms with E-state index in [4.69, 9.17) is 14.2 Å². The summed E-state index contributed by atoms with van der Waals surface area (Å²) in [6.07, 6.45) is 3.42. The Balaban J connectivity index is 1.43. The number of nitrogens with one attached hydrogen (secondary N) is 1. The molecule has 1 aromatic carbocycles. The van der Waals surface area contributed by atoms with Crippen LogP contribution in [0.1, 0.15) is 63.9 Å². The zero-order chi connectivity index (χ0) is 21.5. The Hall–Kier alpha value is -2.70. The van der Waals surface area contributed by atoms with Crippen LogP contribution in [0.3, 0.4) is 0 Å². The number of ether oxygens (including phenoxy) is 3. The molecule has 3 atom stereocenters. The summed E-state index contributed by atoms with van der Waals surface area (Å²) in [6.45, 7) is 7.81. The number of carbonyl (C=O) groups excluding carboxylic acids is 2. The van der Waals surface area contributed by atoms with Gasteiger partial charge in [-0.05, 0) is 64.8 Å². The van der Waals surface area contributed by atoms with E-state index in [1.54, 1.807) is 13.0 Å². The fourth-order valence-corrected chi connectivity index (χ4v) is 4.53. The number of H-pyrrole nitrogens is 1. The smallest absolute Gasteiger partial charge is 0.410 e. The van der Waals surface area contributed by atoms with Gasteiger partial charge in [-0.15, -0.1) is 0 Å². The Kier molecular flexibility index (Phi) is 5.38. The van der Waals surface area contributed by atoms with Gasteiger partial charge in [-0.3, -0.25) is 0 Å². The monoisotopic (exact) mass is 414 g/mol. The van der Waals surface area contributed by atoms with Crippen molar-refractivity contribution in [2.75, 3.05) is 6.61 Å². The summed E-state index contributed by atoms with van der Waals surface area (Å²) in [5.41, 5.74) is 0.816. The van der Waals surface area contributed by atoms with Crippen LogP contribution >= 0.6 is 0 Å². The number of esters is 1. The number of aromatic amines is 1. The molecule has 2 saturated heterocycles. The van der Waals surface area contributed by atoms with Crippen molar-refractivity contribution < 1.29 is 23.8 Å². The number of benzene rings is 1. The molecule has 7 heteroatoms. The van der Waals surface area contributed by atoms with Gasteiger partial charge in [-0.1, -0.05) is 0 Å². The Morgan fingerprint density at radius 3 is 2.47 bits per heavy atom. The van der Waals surface area contributed by atoms with Crippen LogP contribution in [0.2, 0.25) is 0 Å². The van der Waals surface area contributed by atoms with E-state index >= 15 is 0 Å². The van der Waals surface area contributed by atoms with Crippen LogP contribution in [0.4, 0.5) is 4.79 Å². The van der Waals surface area contributed by atoms with Gasteiger partial charge in [0.25, 0.3) is 0 Å². The minimum atomic E-state index is -0.488. The van der Waals surface area contributed by atoms with Crippen molar-refractivity contribution in [3.8, 4) is 5.75 Å². The highest BCUT2D eigenvalue weighted by Crippen LogP contribution is 2.38. The van der Waals surface area contributed by atoms with Gasteiger partial charge in [0.2, 0.25) is 0 Å². The molecule has 0 unspecified atom stereocenters. The highest BCUT2D eigenvalue weighted by molar-refractivity contribution is 5.95. The number of piperidine rings is 1. The lowest BCUT2D eigenvalue weighted by Crippen LogP contribution is -2.50. The molecule has 0 radical (unpaired) electrons. The molecule has 0 aliphatic carbocycles. The van der Waals surface area contributed by atoms with E-state index in [0.29, 0.717) is 12.3 Å². The van der Waals surface area contributed by atoms with E-state index in [2.05, 4.69) is 4.98 Å². The summed E-state index contributed by atoms with van der Waals surface area (Å²) in [5.74, 6) is 0.411. The highest BCUT2D eigenvalue weighted by Gasteiger charge is 2.45. The Labute approximate surface area is 176 Å². The molecule has 7 nitrogen and oxygen atoms in total.